The summed E-state index contributed by atoms with van der Waals surface area (Å²) < 4.78 is 0. The number of halogens is 1. The lowest BCUT2D eigenvalue weighted by Gasteiger charge is -2.35. The number of rotatable bonds is 3. The Hall–Kier alpha value is -0.280. The molecular formula is C12H25ClN2O. The van der Waals surface area contributed by atoms with Gasteiger partial charge >= 0.3 is 0 Å². The van der Waals surface area contributed by atoms with Crippen molar-refractivity contribution in [1.29, 1.82) is 0 Å². The van der Waals surface area contributed by atoms with E-state index in [9.17, 15) is 4.79 Å². The molecule has 1 aliphatic heterocycles. The van der Waals surface area contributed by atoms with Crippen molar-refractivity contribution in [2.75, 3.05) is 13.1 Å². The minimum absolute atomic E-state index is 0. The topological polar surface area (TPSA) is 46.3 Å². The Morgan fingerprint density at radius 1 is 1.50 bits per heavy atom. The van der Waals surface area contributed by atoms with Crippen molar-refractivity contribution >= 4 is 18.3 Å². The van der Waals surface area contributed by atoms with Gasteiger partial charge in [0, 0.05) is 25.0 Å². The molecule has 0 aliphatic carbocycles. The molecule has 4 heteroatoms. The number of hydrogen-bond donors (Lipinski definition) is 1. The number of carbonyl (C=O) groups is 1. The number of likely N-dealkylation sites (tertiary alicyclic amines) is 1. The predicted molar refractivity (Wildman–Crippen MR) is 69.7 cm³/mol. The summed E-state index contributed by atoms with van der Waals surface area (Å²) in [5.41, 5.74) is 5.90. The van der Waals surface area contributed by atoms with Crippen LogP contribution in [0.3, 0.4) is 0 Å². The molecule has 2 N–H and O–H groups in total. The van der Waals surface area contributed by atoms with Crippen LogP contribution in [0.5, 0.6) is 0 Å². The van der Waals surface area contributed by atoms with Crippen molar-refractivity contribution < 1.29 is 4.79 Å². The van der Waals surface area contributed by atoms with Crippen LogP contribution in [0.15, 0.2) is 0 Å². The molecule has 1 fully saturated rings. The summed E-state index contributed by atoms with van der Waals surface area (Å²) in [7, 11) is 0. The fourth-order valence-corrected chi connectivity index (χ4v) is 2.13. The van der Waals surface area contributed by atoms with Crippen molar-refractivity contribution in [3.05, 3.63) is 0 Å². The van der Waals surface area contributed by atoms with Gasteiger partial charge in [0.1, 0.15) is 0 Å². The molecule has 3 atom stereocenters. The maximum Gasteiger partial charge on any atom is 0.225 e. The van der Waals surface area contributed by atoms with Crippen molar-refractivity contribution in [2.24, 2.45) is 17.6 Å². The first-order valence-electron chi connectivity index (χ1n) is 6.10. The van der Waals surface area contributed by atoms with Crippen LogP contribution in [0, 0.1) is 11.8 Å². The van der Waals surface area contributed by atoms with E-state index in [0.29, 0.717) is 11.8 Å². The molecule has 3 nitrogen and oxygen atoms in total. The summed E-state index contributed by atoms with van der Waals surface area (Å²) in [4.78, 5) is 14.0. The zero-order valence-corrected chi connectivity index (χ0v) is 11.4. The lowest BCUT2D eigenvalue weighted by atomic mass is 9.91. The zero-order chi connectivity index (χ0) is 11.4. The summed E-state index contributed by atoms with van der Waals surface area (Å²) in [6, 6.07) is 0.206. The smallest absolute Gasteiger partial charge is 0.225 e. The second kappa shape index (κ2) is 7.13. The van der Waals surface area contributed by atoms with E-state index in [1.165, 1.54) is 6.42 Å². The highest BCUT2D eigenvalue weighted by atomic mass is 35.5. The Labute approximate surface area is 105 Å². The van der Waals surface area contributed by atoms with E-state index in [-0.39, 0.29) is 24.4 Å². The van der Waals surface area contributed by atoms with Crippen molar-refractivity contribution in [3.8, 4) is 0 Å². The summed E-state index contributed by atoms with van der Waals surface area (Å²) in [5, 5.41) is 0. The minimum Gasteiger partial charge on any atom is -0.342 e. The molecule has 3 unspecified atom stereocenters. The third-order valence-corrected chi connectivity index (χ3v) is 3.55. The van der Waals surface area contributed by atoms with E-state index in [1.54, 1.807) is 0 Å². The van der Waals surface area contributed by atoms with Gasteiger partial charge in [-0.2, -0.15) is 0 Å². The third-order valence-electron chi connectivity index (χ3n) is 3.55. The van der Waals surface area contributed by atoms with E-state index in [4.69, 9.17) is 5.73 Å². The van der Waals surface area contributed by atoms with E-state index in [0.717, 1.165) is 25.9 Å². The molecule has 1 amide bonds. The highest BCUT2D eigenvalue weighted by molar-refractivity contribution is 5.85. The van der Waals surface area contributed by atoms with Crippen molar-refractivity contribution in [3.63, 3.8) is 0 Å². The summed E-state index contributed by atoms with van der Waals surface area (Å²) in [6.07, 6.45) is 3.20. The van der Waals surface area contributed by atoms with Crippen LogP contribution >= 0.6 is 12.4 Å². The van der Waals surface area contributed by atoms with Gasteiger partial charge in [0.25, 0.3) is 0 Å². The van der Waals surface area contributed by atoms with Crippen molar-refractivity contribution in [2.45, 2.75) is 46.1 Å². The number of carbonyl (C=O) groups excluding carboxylic acids is 1. The molecule has 1 saturated heterocycles. The van der Waals surface area contributed by atoms with Crippen LogP contribution in [0.2, 0.25) is 0 Å². The van der Waals surface area contributed by atoms with Gasteiger partial charge in [-0.05, 0) is 32.1 Å². The molecular weight excluding hydrogens is 224 g/mol. The number of nitrogens with zero attached hydrogens (tertiary/aromatic N) is 1. The normalized spacial score (nSPS) is 24.5. The third kappa shape index (κ3) is 3.95. The number of nitrogens with two attached hydrogens (primary N) is 1. The SMILES string of the molecule is CCC(C)C(=O)N1CCCC(C(C)N)C1.Cl. The number of hydrogen-bond acceptors (Lipinski definition) is 2. The van der Waals surface area contributed by atoms with Gasteiger partial charge in [0.2, 0.25) is 5.91 Å². The van der Waals surface area contributed by atoms with E-state index >= 15 is 0 Å². The summed E-state index contributed by atoms with van der Waals surface area (Å²) >= 11 is 0. The Morgan fingerprint density at radius 2 is 2.12 bits per heavy atom. The molecule has 1 heterocycles. The minimum atomic E-state index is 0. The first-order valence-corrected chi connectivity index (χ1v) is 6.10. The Kier molecular flexibility index (Phi) is 7.00. The molecule has 1 aliphatic rings. The van der Waals surface area contributed by atoms with Gasteiger partial charge < -0.3 is 10.6 Å². The quantitative estimate of drug-likeness (QED) is 0.831. The maximum absolute atomic E-state index is 12.0. The van der Waals surface area contributed by atoms with Gasteiger partial charge in [-0.25, -0.2) is 0 Å². The van der Waals surface area contributed by atoms with E-state index in [1.807, 2.05) is 18.7 Å². The van der Waals surface area contributed by atoms with Crippen LogP contribution in [0.4, 0.5) is 0 Å². The molecule has 0 saturated carbocycles. The average molecular weight is 249 g/mol. The van der Waals surface area contributed by atoms with Crippen LogP contribution in [-0.2, 0) is 4.79 Å². The molecule has 0 aromatic rings. The monoisotopic (exact) mass is 248 g/mol. The summed E-state index contributed by atoms with van der Waals surface area (Å²) in [6.45, 7) is 7.91. The van der Waals surface area contributed by atoms with Gasteiger partial charge in [0.05, 0.1) is 0 Å². The first kappa shape index (κ1) is 15.7. The predicted octanol–water partition coefficient (Wildman–Crippen LogP) is 2.04. The second-order valence-corrected chi connectivity index (χ2v) is 4.85. The average Bonchev–Trinajstić information content (AvgIpc) is 2.27. The molecule has 0 bridgehead atoms. The molecule has 0 spiro atoms. The Bertz CT molecular complexity index is 221. The Morgan fingerprint density at radius 3 is 2.62 bits per heavy atom. The van der Waals surface area contributed by atoms with E-state index < -0.39 is 0 Å². The molecule has 0 aromatic heterocycles. The highest BCUT2D eigenvalue weighted by Crippen LogP contribution is 2.20. The molecule has 1 rings (SSSR count). The van der Waals surface area contributed by atoms with Crippen LogP contribution in [0.1, 0.15) is 40.0 Å². The lowest BCUT2D eigenvalue weighted by molar-refractivity contribution is -0.137. The van der Waals surface area contributed by atoms with Gasteiger partial charge in [-0.15, -0.1) is 12.4 Å². The molecule has 0 radical (unpaired) electrons. The van der Waals surface area contributed by atoms with E-state index in [2.05, 4.69) is 6.92 Å². The molecule has 96 valence electrons. The fourth-order valence-electron chi connectivity index (χ4n) is 2.13. The van der Waals surface area contributed by atoms with Crippen LogP contribution in [0.25, 0.3) is 0 Å². The molecule has 0 aromatic carbocycles. The zero-order valence-electron chi connectivity index (χ0n) is 10.6. The Balaban J connectivity index is 0.00000225. The largest absolute Gasteiger partial charge is 0.342 e. The highest BCUT2D eigenvalue weighted by Gasteiger charge is 2.27. The maximum atomic E-state index is 12.0. The number of amides is 1. The molecule has 16 heavy (non-hydrogen) atoms. The van der Waals surface area contributed by atoms with Gasteiger partial charge in [-0.3, -0.25) is 4.79 Å². The standard InChI is InChI=1S/C12H24N2O.ClH/c1-4-9(2)12(15)14-7-5-6-11(8-14)10(3)13;/h9-11H,4-8,13H2,1-3H3;1H. The van der Waals surface area contributed by atoms with Gasteiger partial charge in [0.15, 0.2) is 0 Å². The fraction of sp³-hybridized carbons (Fsp3) is 0.917. The number of piperidine rings is 1. The first-order chi connectivity index (χ1) is 7.06. The van der Waals surface area contributed by atoms with Crippen LogP contribution < -0.4 is 5.73 Å². The van der Waals surface area contributed by atoms with Crippen LogP contribution in [-0.4, -0.2) is 29.9 Å². The second-order valence-electron chi connectivity index (χ2n) is 4.85. The lowest BCUT2D eigenvalue weighted by Crippen LogP contribution is -2.46. The summed E-state index contributed by atoms with van der Waals surface area (Å²) in [5.74, 6) is 0.964. The van der Waals surface area contributed by atoms with Crippen molar-refractivity contribution in [1.82, 2.24) is 4.90 Å². The van der Waals surface area contributed by atoms with Gasteiger partial charge in [-0.1, -0.05) is 13.8 Å².